The second-order valence-electron chi connectivity index (χ2n) is 4.28. The minimum Gasteiger partial charge on any atom is -0.748 e. The number of ether oxygens (including phenoxy) is 2. The van der Waals surface area contributed by atoms with Crippen LogP contribution in [0.2, 0.25) is 0 Å². The van der Waals surface area contributed by atoms with Crippen molar-refractivity contribution in [3.8, 4) is 0 Å². The van der Waals surface area contributed by atoms with E-state index in [1.807, 2.05) is 0 Å². The summed E-state index contributed by atoms with van der Waals surface area (Å²) in [6.07, 6.45) is -2.66. The van der Waals surface area contributed by atoms with E-state index >= 15 is 0 Å². The number of carbonyl (C=O) groups excluding carboxylic acids is 4. The van der Waals surface area contributed by atoms with Crippen LogP contribution in [0.3, 0.4) is 0 Å². The van der Waals surface area contributed by atoms with Crippen molar-refractivity contribution in [3.05, 3.63) is 0 Å². The Morgan fingerprint density at radius 3 is 1.86 bits per heavy atom. The third-order valence-corrected chi connectivity index (χ3v) is 2.68. The van der Waals surface area contributed by atoms with Crippen LogP contribution in [0.4, 0.5) is 0 Å². The number of hydrogen-bond donors (Lipinski definition) is 0. The molecular formula is C11H15NaO9S. The molecule has 0 spiro atoms. The summed E-state index contributed by atoms with van der Waals surface area (Å²) in [6, 6.07) is 0. The summed E-state index contributed by atoms with van der Waals surface area (Å²) in [4.78, 5) is 43.7. The molecule has 0 N–H and O–H groups in total. The van der Waals surface area contributed by atoms with Crippen LogP contribution < -0.4 is 29.6 Å². The van der Waals surface area contributed by atoms with Gasteiger partial charge in [-0.2, -0.15) is 0 Å². The predicted octanol–water partition coefficient (Wildman–Crippen LogP) is -4.05. The van der Waals surface area contributed by atoms with Gasteiger partial charge in [0.1, 0.15) is 37.1 Å². The Morgan fingerprint density at radius 1 is 1.00 bits per heavy atom. The van der Waals surface area contributed by atoms with Gasteiger partial charge in [-0.15, -0.1) is 0 Å². The number of rotatable bonds is 9. The molecule has 11 heteroatoms. The average molecular weight is 346 g/mol. The van der Waals surface area contributed by atoms with Crippen molar-refractivity contribution in [2.75, 3.05) is 12.4 Å². The fraction of sp³-hybridized carbons (Fsp3) is 0.636. The molecule has 0 aromatic carbocycles. The van der Waals surface area contributed by atoms with E-state index in [4.69, 9.17) is 0 Å². The number of hydrogen-bond acceptors (Lipinski definition) is 9. The summed E-state index contributed by atoms with van der Waals surface area (Å²) >= 11 is 0. The molecule has 0 bridgehead atoms. The van der Waals surface area contributed by atoms with Crippen LogP contribution in [-0.4, -0.2) is 54.9 Å². The summed E-state index contributed by atoms with van der Waals surface area (Å²) in [7, 11) is -4.74. The van der Waals surface area contributed by atoms with Gasteiger partial charge < -0.3 is 14.0 Å². The van der Waals surface area contributed by atoms with E-state index in [0.717, 1.165) is 13.8 Å². The molecule has 0 saturated carbocycles. The van der Waals surface area contributed by atoms with Crippen LogP contribution >= 0.6 is 0 Å². The molecule has 0 aliphatic rings. The fourth-order valence-corrected chi connectivity index (χ4v) is 1.83. The largest absolute Gasteiger partial charge is 1.00 e. The molecule has 0 aliphatic heterocycles. The van der Waals surface area contributed by atoms with Crippen molar-refractivity contribution in [3.63, 3.8) is 0 Å². The van der Waals surface area contributed by atoms with Crippen molar-refractivity contribution in [2.24, 2.45) is 0 Å². The van der Waals surface area contributed by atoms with E-state index in [2.05, 4.69) is 9.47 Å². The summed E-state index contributed by atoms with van der Waals surface area (Å²) in [5.41, 5.74) is 0. The molecule has 0 radical (unpaired) electrons. The first-order valence-electron chi connectivity index (χ1n) is 5.77. The Balaban J connectivity index is 0. The smallest absolute Gasteiger partial charge is 0.748 e. The van der Waals surface area contributed by atoms with E-state index in [0.29, 0.717) is 0 Å². The maximum Gasteiger partial charge on any atom is 1.00 e. The zero-order valence-electron chi connectivity index (χ0n) is 12.5. The Labute approximate surface area is 149 Å². The Morgan fingerprint density at radius 2 is 1.45 bits per heavy atom. The van der Waals surface area contributed by atoms with Crippen molar-refractivity contribution in [1.29, 1.82) is 0 Å². The van der Waals surface area contributed by atoms with Gasteiger partial charge in [0.05, 0.1) is 15.9 Å². The molecule has 0 aromatic rings. The molecule has 0 rings (SSSR count). The van der Waals surface area contributed by atoms with Gasteiger partial charge in [-0.05, 0) is 13.8 Å². The van der Waals surface area contributed by atoms with Crippen molar-refractivity contribution >= 4 is 33.6 Å². The van der Waals surface area contributed by atoms with Crippen molar-refractivity contribution in [1.82, 2.24) is 0 Å². The van der Waals surface area contributed by atoms with E-state index in [-0.39, 0.29) is 29.6 Å². The molecule has 1 unspecified atom stereocenters. The van der Waals surface area contributed by atoms with Crippen molar-refractivity contribution in [2.45, 2.75) is 32.8 Å². The maximum absolute atomic E-state index is 11.2. The van der Waals surface area contributed by atoms with E-state index < -0.39 is 64.9 Å². The van der Waals surface area contributed by atoms with Gasteiger partial charge in [0.15, 0.2) is 0 Å². The van der Waals surface area contributed by atoms with Crippen LogP contribution in [0, 0.1) is 0 Å². The molecule has 22 heavy (non-hydrogen) atoms. The molecule has 0 heterocycles. The van der Waals surface area contributed by atoms with Crippen LogP contribution in [0.15, 0.2) is 0 Å². The Kier molecular flexibility index (Phi) is 11.6. The molecule has 9 nitrogen and oxygen atoms in total. The summed E-state index contributed by atoms with van der Waals surface area (Å²) in [6.45, 7) is 1.57. The minimum absolute atomic E-state index is 0. The normalized spacial score (nSPS) is 11.8. The third-order valence-electron chi connectivity index (χ3n) is 1.90. The van der Waals surface area contributed by atoms with Gasteiger partial charge in [-0.3, -0.25) is 19.2 Å². The van der Waals surface area contributed by atoms with Gasteiger partial charge in [0.25, 0.3) is 0 Å². The molecule has 1 atom stereocenters. The molecular weight excluding hydrogens is 331 g/mol. The Hall–Kier alpha value is -0.810. The second kappa shape index (κ2) is 10.8. The molecule has 120 valence electrons. The summed E-state index contributed by atoms with van der Waals surface area (Å²) in [5, 5.41) is 0. The van der Waals surface area contributed by atoms with Gasteiger partial charge in [-0.1, -0.05) is 0 Å². The standard InChI is InChI=1S/C11H16O9S.Na/c1-7(12)3-10(14)19-5-9(6-21(16,17)18)20-11(15)4-8(2)13;/h9H,3-6H2,1-2H3,(H,16,17,18);/q;+1/p-1. The average Bonchev–Trinajstić information content (AvgIpc) is 2.21. The molecule has 0 amide bonds. The van der Waals surface area contributed by atoms with Gasteiger partial charge in [0.2, 0.25) is 0 Å². The first-order chi connectivity index (χ1) is 9.49. The van der Waals surface area contributed by atoms with Gasteiger partial charge in [-0.25, -0.2) is 8.42 Å². The molecule has 0 aliphatic carbocycles. The first-order valence-corrected chi connectivity index (χ1v) is 7.35. The maximum atomic E-state index is 11.2. The van der Waals surface area contributed by atoms with Crippen molar-refractivity contribution < 1.29 is 71.2 Å². The first kappa shape index (κ1) is 23.5. The van der Waals surface area contributed by atoms with Gasteiger partial charge in [0, 0.05) is 0 Å². The second-order valence-corrected chi connectivity index (χ2v) is 5.73. The minimum atomic E-state index is -4.74. The topological polar surface area (TPSA) is 144 Å². The number of carbonyl (C=O) groups is 4. The SMILES string of the molecule is CC(=O)CC(=O)OCC(CS(=O)(=O)[O-])OC(=O)CC(C)=O.[Na+]. The van der Waals surface area contributed by atoms with E-state index in [1.54, 1.807) is 0 Å². The van der Waals surface area contributed by atoms with E-state index in [9.17, 15) is 32.1 Å². The van der Waals surface area contributed by atoms with Crippen LogP contribution in [0.5, 0.6) is 0 Å². The number of ketones is 2. The van der Waals surface area contributed by atoms with Crippen LogP contribution in [0.25, 0.3) is 0 Å². The van der Waals surface area contributed by atoms with Crippen LogP contribution in [-0.2, 0) is 38.8 Å². The zero-order chi connectivity index (χ0) is 16.6. The van der Waals surface area contributed by atoms with E-state index in [1.165, 1.54) is 0 Å². The molecule has 0 saturated heterocycles. The third kappa shape index (κ3) is 14.1. The summed E-state index contributed by atoms with van der Waals surface area (Å²) < 4.78 is 41.1. The predicted molar refractivity (Wildman–Crippen MR) is 66.0 cm³/mol. The number of Topliss-reactive ketones (excluding diaryl/α,β-unsaturated/α-hetero) is 2. The van der Waals surface area contributed by atoms with Gasteiger partial charge >= 0.3 is 41.5 Å². The zero-order valence-corrected chi connectivity index (χ0v) is 15.3. The van der Waals surface area contributed by atoms with Crippen LogP contribution in [0.1, 0.15) is 26.7 Å². The quantitative estimate of drug-likeness (QED) is 0.176. The Bertz CT molecular complexity index is 526. The molecule has 0 aromatic heterocycles. The monoisotopic (exact) mass is 346 g/mol. The molecule has 0 fully saturated rings. The number of esters is 2. The summed E-state index contributed by atoms with van der Waals surface area (Å²) in [5.74, 6) is -4.08. The fourth-order valence-electron chi connectivity index (χ4n) is 1.21.